The van der Waals surface area contributed by atoms with Gasteiger partial charge in [-0.05, 0) is 56.1 Å². The second kappa shape index (κ2) is 7.76. The van der Waals surface area contributed by atoms with Crippen LogP contribution in [0, 0.1) is 6.92 Å². The Morgan fingerprint density at radius 2 is 2.03 bits per heavy atom. The first-order valence-electron chi connectivity index (χ1n) is 9.43. The molecule has 0 saturated heterocycles. The molecule has 0 spiro atoms. The van der Waals surface area contributed by atoms with Crippen LogP contribution in [-0.2, 0) is 6.18 Å². The van der Waals surface area contributed by atoms with Crippen LogP contribution in [0.3, 0.4) is 0 Å². The van der Waals surface area contributed by atoms with Crippen molar-refractivity contribution >= 4 is 32.9 Å². The molecule has 0 amide bonds. The molecule has 0 bridgehead atoms. The number of anilines is 1. The molecule has 1 aliphatic rings. The lowest BCUT2D eigenvalue weighted by Gasteiger charge is -2.17. The summed E-state index contributed by atoms with van der Waals surface area (Å²) in [7, 11) is 0. The van der Waals surface area contributed by atoms with Gasteiger partial charge in [-0.25, -0.2) is 9.97 Å². The van der Waals surface area contributed by atoms with Crippen molar-refractivity contribution in [3.8, 4) is 0 Å². The summed E-state index contributed by atoms with van der Waals surface area (Å²) in [5.41, 5.74) is 2.06. The summed E-state index contributed by atoms with van der Waals surface area (Å²) < 4.78 is 40.1. The highest BCUT2D eigenvalue weighted by atomic mass is 32.1. The minimum absolute atomic E-state index is 0.335. The number of hydrogen-bond acceptors (Lipinski definition) is 5. The Bertz CT molecular complexity index is 1070. The molecule has 8 heteroatoms. The van der Waals surface area contributed by atoms with Gasteiger partial charge < -0.3 is 10.6 Å². The summed E-state index contributed by atoms with van der Waals surface area (Å²) >= 11 is 1.62. The average molecular weight is 418 g/mol. The number of alkyl halides is 3. The fourth-order valence-electron chi connectivity index (χ4n) is 3.42. The molecular formula is C21H21F3N4S. The number of thiophene rings is 1. The van der Waals surface area contributed by atoms with Gasteiger partial charge in [-0.1, -0.05) is 18.2 Å². The average Bonchev–Trinajstić information content (AvgIpc) is 3.12. The van der Waals surface area contributed by atoms with Gasteiger partial charge in [0.25, 0.3) is 0 Å². The molecule has 1 aromatic carbocycles. The summed E-state index contributed by atoms with van der Waals surface area (Å²) in [6, 6.07) is 7.14. The molecular weight excluding hydrogens is 397 g/mol. The maximum absolute atomic E-state index is 13.0. The van der Waals surface area contributed by atoms with Gasteiger partial charge in [-0.15, -0.1) is 11.3 Å². The van der Waals surface area contributed by atoms with Crippen LogP contribution < -0.4 is 10.6 Å². The van der Waals surface area contributed by atoms with Gasteiger partial charge in [0.15, 0.2) is 0 Å². The van der Waals surface area contributed by atoms with Crippen molar-refractivity contribution < 1.29 is 13.2 Å². The molecule has 4 rings (SSSR count). The quantitative estimate of drug-likeness (QED) is 0.582. The molecule has 0 radical (unpaired) electrons. The predicted molar refractivity (Wildman–Crippen MR) is 111 cm³/mol. The molecule has 152 valence electrons. The molecule has 4 nitrogen and oxygen atoms in total. The van der Waals surface area contributed by atoms with Crippen molar-refractivity contribution in [1.29, 1.82) is 0 Å². The highest BCUT2D eigenvalue weighted by molar-refractivity contribution is 7.20. The van der Waals surface area contributed by atoms with Crippen LogP contribution in [0.1, 0.15) is 41.2 Å². The summed E-state index contributed by atoms with van der Waals surface area (Å²) in [6.45, 7) is 5.46. The predicted octanol–water partition coefficient (Wildman–Crippen LogP) is 5.57. The molecule has 0 saturated carbocycles. The summed E-state index contributed by atoms with van der Waals surface area (Å²) in [5, 5.41) is 6.60. The van der Waals surface area contributed by atoms with E-state index in [-0.39, 0.29) is 6.04 Å². The number of halogens is 3. The third kappa shape index (κ3) is 4.28. The number of benzene rings is 1. The first kappa shape index (κ1) is 19.8. The van der Waals surface area contributed by atoms with E-state index in [1.165, 1.54) is 17.7 Å². The third-order valence-corrected chi connectivity index (χ3v) is 6.14. The van der Waals surface area contributed by atoms with Crippen molar-refractivity contribution in [1.82, 2.24) is 15.3 Å². The molecule has 3 heterocycles. The van der Waals surface area contributed by atoms with Crippen molar-refractivity contribution in [2.45, 2.75) is 32.5 Å². The zero-order chi connectivity index (χ0) is 20.6. The lowest BCUT2D eigenvalue weighted by Crippen LogP contribution is -2.19. The largest absolute Gasteiger partial charge is 0.416 e. The molecule has 0 unspecified atom stereocenters. The van der Waals surface area contributed by atoms with E-state index in [2.05, 4.69) is 32.7 Å². The number of aryl methyl sites for hydroxylation is 1. The molecule has 1 atom stereocenters. The van der Waals surface area contributed by atoms with Crippen LogP contribution in [0.15, 0.2) is 36.4 Å². The SMILES string of the molecule is Cc1nc(N[C@H](C)c2cccc(C(F)(F)F)c2)c2sc(C3=CCNCC3)cc2n1. The second-order valence-electron chi connectivity index (χ2n) is 7.12. The number of nitrogens with zero attached hydrogens (tertiary/aromatic N) is 2. The number of aromatic nitrogens is 2. The smallest absolute Gasteiger partial charge is 0.362 e. The lowest BCUT2D eigenvalue weighted by atomic mass is 10.0. The van der Waals surface area contributed by atoms with E-state index in [0.717, 1.165) is 40.7 Å². The van der Waals surface area contributed by atoms with Crippen molar-refractivity contribution in [2.75, 3.05) is 18.4 Å². The van der Waals surface area contributed by atoms with Gasteiger partial charge >= 0.3 is 6.18 Å². The fourth-order valence-corrected chi connectivity index (χ4v) is 4.54. The van der Waals surface area contributed by atoms with Crippen molar-refractivity contribution in [2.24, 2.45) is 0 Å². The molecule has 0 aliphatic carbocycles. The van der Waals surface area contributed by atoms with Crippen LogP contribution in [-0.4, -0.2) is 23.1 Å². The van der Waals surface area contributed by atoms with Crippen LogP contribution in [0.5, 0.6) is 0 Å². The Hall–Kier alpha value is -2.45. The molecule has 0 fully saturated rings. The number of rotatable bonds is 4. The van der Waals surface area contributed by atoms with E-state index in [1.54, 1.807) is 17.4 Å². The van der Waals surface area contributed by atoms with E-state index < -0.39 is 11.7 Å². The van der Waals surface area contributed by atoms with Crippen LogP contribution >= 0.6 is 11.3 Å². The Kier molecular flexibility index (Phi) is 5.31. The zero-order valence-electron chi connectivity index (χ0n) is 16.1. The van der Waals surface area contributed by atoms with E-state index in [0.29, 0.717) is 17.2 Å². The first-order valence-corrected chi connectivity index (χ1v) is 10.2. The second-order valence-corrected chi connectivity index (χ2v) is 8.17. The van der Waals surface area contributed by atoms with E-state index in [1.807, 2.05) is 13.8 Å². The summed E-state index contributed by atoms with van der Waals surface area (Å²) in [6.07, 6.45) is -1.21. The maximum atomic E-state index is 13.0. The standard InChI is InChI=1S/C21H21F3N4S/c1-12(15-4-3-5-16(10-15)21(22,23)24)26-20-19-17(27-13(2)28-20)11-18(29-19)14-6-8-25-9-7-14/h3-6,10-12,25H,7-9H2,1-2H3,(H,26,27,28)/t12-/m1/s1. The van der Waals surface area contributed by atoms with Gasteiger partial charge in [-0.3, -0.25) is 0 Å². The Morgan fingerprint density at radius 3 is 2.76 bits per heavy atom. The third-order valence-electron chi connectivity index (χ3n) is 4.93. The topological polar surface area (TPSA) is 49.8 Å². The number of nitrogens with one attached hydrogen (secondary N) is 2. The fraction of sp³-hybridized carbons (Fsp3) is 0.333. The molecule has 29 heavy (non-hydrogen) atoms. The summed E-state index contributed by atoms with van der Waals surface area (Å²) in [4.78, 5) is 10.2. The van der Waals surface area contributed by atoms with Crippen LogP contribution in [0.2, 0.25) is 0 Å². The molecule has 1 aliphatic heterocycles. The van der Waals surface area contributed by atoms with Gasteiger partial charge in [0.1, 0.15) is 11.6 Å². The van der Waals surface area contributed by atoms with Gasteiger partial charge in [0.05, 0.1) is 21.8 Å². The Morgan fingerprint density at radius 1 is 1.21 bits per heavy atom. The number of fused-ring (bicyclic) bond motifs is 1. The van der Waals surface area contributed by atoms with Gasteiger partial charge in [-0.2, -0.15) is 13.2 Å². The molecule has 3 aromatic rings. The zero-order valence-corrected chi connectivity index (χ0v) is 16.9. The Labute approximate surface area is 170 Å². The highest BCUT2D eigenvalue weighted by Gasteiger charge is 2.30. The molecule has 2 N–H and O–H groups in total. The Balaban J connectivity index is 1.67. The number of hydrogen-bond donors (Lipinski definition) is 2. The summed E-state index contributed by atoms with van der Waals surface area (Å²) in [5.74, 6) is 1.28. The lowest BCUT2D eigenvalue weighted by molar-refractivity contribution is -0.137. The highest BCUT2D eigenvalue weighted by Crippen LogP contribution is 2.37. The van der Waals surface area contributed by atoms with E-state index >= 15 is 0 Å². The first-order chi connectivity index (χ1) is 13.8. The normalized spacial score (nSPS) is 16.0. The van der Waals surface area contributed by atoms with Crippen LogP contribution in [0.25, 0.3) is 15.8 Å². The van der Waals surface area contributed by atoms with E-state index in [4.69, 9.17) is 0 Å². The van der Waals surface area contributed by atoms with Crippen LogP contribution in [0.4, 0.5) is 19.0 Å². The van der Waals surface area contributed by atoms with Crippen molar-refractivity contribution in [3.63, 3.8) is 0 Å². The monoisotopic (exact) mass is 418 g/mol. The van der Waals surface area contributed by atoms with Gasteiger partial charge in [0.2, 0.25) is 0 Å². The van der Waals surface area contributed by atoms with E-state index in [9.17, 15) is 13.2 Å². The molecule has 2 aromatic heterocycles. The van der Waals surface area contributed by atoms with Gasteiger partial charge in [0, 0.05) is 11.4 Å². The minimum atomic E-state index is -4.36. The maximum Gasteiger partial charge on any atom is 0.416 e. The minimum Gasteiger partial charge on any atom is -0.362 e. The van der Waals surface area contributed by atoms with Crippen molar-refractivity contribution in [3.05, 3.63) is 58.2 Å².